The second kappa shape index (κ2) is 6.73. The normalized spacial score (nSPS) is 17.9. The van der Waals surface area contributed by atoms with Gasteiger partial charge in [-0.25, -0.2) is 0 Å². The summed E-state index contributed by atoms with van der Waals surface area (Å²) in [6.45, 7) is 3.05. The Labute approximate surface area is 130 Å². The van der Waals surface area contributed by atoms with Crippen LogP contribution in [0.3, 0.4) is 0 Å². The van der Waals surface area contributed by atoms with E-state index in [9.17, 15) is 4.79 Å². The van der Waals surface area contributed by atoms with Gasteiger partial charge in [0.2, 0.25) is 0 Å². The number of carbonyl (C=O) groups is 1. The summed E-state index contributed by atoms with van der Waals surface area (Å²) in [4.78, 5) is 18.7. The molecule has 5 heteroatoms. The smallest absolute Gasteiger partial charge is 0.272 e. The predicted molar refractivity (Wildman–Crippen MR) is 85.4 cm³/mol. The van der Waals surface area contributed by atoms with Gasteiger partial charge in [0.05, 0.1) is 5.69 Å². The third-order valence-corrected chi connectivity index (χ3v) is 4.31. The Morgan fingerprint density at radius 3 is 3.00 bits per heavy atom. The lowest BCUT2D eigenvalue weighted by Crippen LogP contribution is -2.35. The van der Waals surface area contributed by atoms with E-state index < -0.39 is 0 Å². The summed E-state index contributed by atoms with van der Waals surface area (Å²) in [6, 6.07) is 6.02. The number of unbranched alkanes of at least 4 members (excludes halogenated alkanes) is 1. The van der Waals surface area contributed by atoms with Crippen molar-refractivity contribution < 1.29 is 4.79 Å². The zero-order valence-electron chi connectivity index (χ0n) is 13.0. The number of aromatic amines is 1. The van der Waals surface area contributed by atoms with Crippen molar-refractivity contribution in [2.45, 2.75) is 45.1 Å². The predicted octanol–water partition coefficient (Wildman–Crippen LogP) is 3.27. The second-order valence-corrected chi connectivity index (χ2v) is 5.84. The van der Waals surface area contributed by atoms with E-state index in [1.54, 1.807) is 12.4 Å². The minimum absolute atomic E-state index is 0.0754. The highest BCUT2D eigenvalue weighted by Crippen LogP contribution is 2.25. The third kappa shape index (κ3) is 3.03. The zero-order chi connectivity index (χ0) is 15.4. The van der Waals surface area contributed by atoms with Crippen LogP contribution in [-0.4, -0.2) is 38.6 Å². The Balaban J connectivity index is 1.74. The van der Waals surface area contributed by atoms with Gasteiger partial charge in [0, 0.05) is 30.5 Å². The lowest BCUT2D eigenvalue weighted by Gasteiger charge is -2.23. The van der Waals surface area contributed by atoms with E-state index in [0.29, 0.717) is 11.7 Å². The van der Waals surface area contributed by atoms with Crippen LogP contribution in [0, 0.1) is 0 Å². The van der Waals surface area contributed by atoms with Crippen LogP contribution in [0.1, 0.15) is 49.5 Å². The van der Waals surface area contributed by atoms with Crippen LogP contribution in [0.4, 0.5) is 0 Å². The number of carbonyl (C=O) groups excluding carboxylic acids is 1. The van der Waals surface area contributed by atoms with Crippen molar-refractivity contribution in [3.8, 4) is 11.3 Å². The van der Waals surface area contributed by atoms with Gasteiger partial charge in [-0.15, -0.1) is 0 Å². The standard InChI is InChI=1S/C17H22N4O/c1-2-3-5-14-6-4-11-21(14)17(22)16-12-15(19-20-16)13-7-9-18-10-8-13/h7-10,12,14H,2-6,11H2,1H3,(H,19,20). The van der Waals surface area contributed by atoms with Gasteiger partial charge in [0.15, 0.2) is 0 Å². The molecule has 0 aromatic carbocycles. The molecule has 1 saturated heterocycles. The molecule has 1 fully saturated rings. The van der Waals surface area contributed by atoms with Crippen LogP contribution < -0.4 is 0 Å². The Morgan fingerprint density at radius 2 is 2.23 bits per heavy atom. The van der Waals surface area contributed by atoms with Crippen LogP contribution >= 0.6 is 0 Å². The van der Waals surface area contributed by atoms with Crippen molar-refractivity contribution in [3.63, 3.8) is 0 Å². The third-order valence-electron chi connectivity index (χ3n) is 4.31. The zero-order valence-corrected chi connectivity index (χ0v) is 13.0. The topological polar surface area (TPSA) is 61.9 Å². The van der Waals surface area contributed by atoms with E-state index in [1.807, 2.05) is 23.1 Å². The average molecular weight is 298 g/mol. The first kappa shape index (κ1) is 14.8. The Hall–Kier alpha value is -2.17. The first-order chi connectivity index (χ1) is 10.8. The van der Waals surface area contributed by atoms with Gasteiger partial charge in [-0.05, 0) is 37.5 Å². The minimum Gasteiger partial charge on any atom is -0.334 e. The first-order valence-corrected chi connectivity index (χ1v) is 8.06. The Kier molecular flexibility index (Phi) is 4.51. The summed E-state index contributed by atoms with van der Waals surface area (Å²) >= 11 is 0. The molecule has 0 saturated carbocycles. The second-order valence-electron chi connectivity index (χ2n) is 5.84. The molecular weight excluding hydrogens is 276 g/mol. The number of rotatable bonds is 5. The summed E-state index contributed by atoms with van der Waals surface area (Å²) < 4.78 is 0. The van der Waals surface area contributed by atoms with Crippen LogP contribution in [0.2, 0.25) is 0 Å². The molecule has 5 nitrogen and oxygen atoms in total. The number of likely N-dealkylation sites (tertiary alicyclic amines) is 1. The number of nitrogens with one attached hydrogen (secondary N) is 1. The number of nitrogens with zero attached hydrogens (tertiary/aromatic N) is 3. The fourth-order valence-electron chi connectivity index (χ4n) is 3.10. The minimum atomic E-state index is 0.0754. The molecule has 116 valence electrons. The van der Waals surface area contributed by atoms with Crippen molar-refractivity contribution in [2.75, 3.05) is 6.54 Å². The molecule has 0 radical (unpaired) electrons. The summed E-state index contributed by atoms with van der Waals surface area (Å²) in [5.41, 5.74) is 2.33. The number of hydrogen-bond donors (Lipinski definition) is 1. The number of amides is 1. The maximum Gasteiger partial charge on any atom is 0.272 e. The van der Waals surface area contributed by atoms with E-state index in [2.05, 4.69) is 22.1 Å². The molecule has 0 spiro atoms. The Bertz CT molecular complexity index is 623. The van der Waals surface area contributed by atoms with Gasteiger partial charge >= 0.3 is 0 Å². The van der Waals surface area contributed by atoms with E-state index in [1.165, 1.54) is 12.8 Å². The highest BCUT2D eigenvalue weighted by atomic mass is 16.2. The number of H-pyrrole nitrogens is 1. The Morgan fingerprint density at radius 1 is 1.41 bits per heavy atom. The van der Waals surface area contributed by atoms with Crippen LogP contribution in [-0.2, 0) is 0 Å². The highest BCUT2D eigenvalue weighted by Gasteiger charge is 2.29. The van der Waals surface area contributed by atoms with Gasteiger partial charge in [0.1, 0.15) is 5.69 Å². The maximum atomic E-state index is 12.7. The van der Waals surface area contributed by atoms with Crippen LogP contribution in [0.25, 0.3) is 11.3 Å². The molecule has 1 atom stereocenters. The van der Waals surface area contributed by atoms with E-state index in [-0.39, 0.29) is 5.91 Å². The molecular formula is C17H22N4O. The molecule has 1 aliphatic rings. The molecule has 2 aromatic rings. The summed E-state index contributed by atoms with van der Waals surface area (Å²) in [5, 5.41) is 7.16. The van der Waals surface area contributed by atoms with Crippen molar-refractivity contribution in [1.29, 1.82) is 0 Å². The molecule has 1 N–H and O–H groups in total. The first-order valence-electron chi connectivity index (χ1n) is 8.06. The monoisotopic (exact) mass is 298 g/mol. The van der Waals surface area contributed by atoms with E-state index in [0.717, 1.165) is 37.1 Å². The number of pyridine rings is 1. The fourth-order valence-corrected chi connectivity index (χ4v) is 3.10. The molecule has 3 heterocycles. The molecule has 1 amide bonds. The quantitative estimate of drug-likeness (QED) is 0.921. The largest absolute Gasteiger partial charge is 0.334 e. The SMILES string of the molecule is CCCCC1CCCN1C(=O)c1cc(-c2ccncc2)n[nH]1. The van der Waals surface area contributed by atoms with Gasteiger partial charge < -0.3 is 4.90 Å². The maximum absolute atomic E-state index is 12.7. The molecule has 0 aliphatic carbocycles. The molecule has 1 aliphatic heterocycles. The lowest BCUT2D eigenvalue weighted by atomic mass is 10.1. The molecule has 1 unspecified atom stereocenters. The van der Waals surface area contributed by atoms with Crippen LogP contribution in [0.5, 0.6) is 0 Å². The summed E-state index contributed by atoms with van der Waals surface area (Å²) in [7, 11) is 0. The number of hydrogen-bond acceptors (Lipinski definition) is 3. The molecule has 0 bridgehead atoms. The van der Waals surface area contributed by atoms with Gasteiger partial charge in [-0.2, -0.15) is 5.10 Å². The van der Waals surface area contributed by atoms with Crippen molar-refractivity contribution in [1.82, 2.24) is 20.1 Å². The molecule has 22 heavy (non-hydrogen) atoms. The van der Waals surface area contributed by atoms with Gasteiger partial charge in [-0.3, -0.25) is 14.9 Å². The molecule has 2 aromatic heterocycles. The van der Waals surface area contributed by atoms with Gasteiger partial charge in [-0.1, -0.05) is 19.8 Å². The summed E-state index contributed by atoms with van der Waals surface area (Å²) in [5.74, 6) is 0.0754. The fraction of sp³-hybridized carbons (Fsp3) is 0.471. The van der Waals surface area contributed by atoms with E-state index in [4.69, 9.17) is 0 Å². The van der Waals surface area contributed by atoms with Crippen molar-refractivity contribution >= 4 is 5.91 Å². The van der Waals surface area contributed by atoms with Crippen molar-refractivity contribution in [2.24, 2.45) is 0 Å². The number of aromatic nitrogens is 3. The van der Waals surface area contributed by atoms with Crippen LogP contribution in [0.15, 0.2) is 30.6 Å². The summed E-state index contributed by atoms with van der Waals surface area (Å²) in [6.07, 6.45) is 9.14. The highest BCUT2D eigenvalue weighted by molar-refractivity contribution is 5.93. The van der Waals surface area contributed by atoms with E-state index >= 15 is 0 Å². The van der Waals surface area contributed by atoms with Gasteiger partial charge in [0.25, 0.3) is 5.91 Å². The molecule has 3 rings (SSSR count). The van der Waals surface area contributed by atoms with Crippen molar-refractivity contribution in [3.05, 3.63) is 36.3 Å². The lowest BCUT2D eigenvalue weighted by molar-refractivity contribution is 0.0723. The average Bonchev–Trinajstić information content (AvgIpc) is 3.22.